The average Bonchev–Trinajstić information content (AvgIpc) is 2.72. The van der Waals surface area contributed by atoms with E-state index < -0.39 is 0 Å². The van der Waals surface area contributed by atoms with Crippen molar-refractivity contribution < 1.29 is 9.53 Å². The Balaban J connectivity index is 0.00000392. The minimum absolute atomic E-state index is 0. The summed E-state index contributed by atoms with van der Waals surface area (Å²) in [6, 6.07) is 0. The largest absolute Gasteiger partial charge is 0.378 e. The number of carbonyl (C=O) groups is 1. The summed E-state index contributed by atoms with van der Waals surface area (Å²) in [5.74, 6) is 1.27. The van der Waals surface area contributed by atoms with E-state index in [-0.39, 0.29) is 35.8 Å². The zero-order valence-corrected chi connectivity index (χ0v) is 20.0. The standard InChI is InChI=1S/C21H40N4O2.HI/c1-2-22-21(24-14-9-17-27-19-12-7-4-8-13-19)25-16-15-23-20(26)18-10-5-3-6-11-18;/h18-19H,2-17H2,1H3,(H,23,26)(H2,22,24,25);1H. The van der Waals surface area contributed by atoms with Crippen LogP contribution in [0.5, 0.6) is 0 Å². The third-order valence-corrected chi connectivity index (χ3v) is 5.51. The highest BCUT2D eigenvalue weighted by atomic mass is 127. The molecule has 0 spiro atoms. The Labute approximate surface area is 188 Å². The second kappa shape index (κ2) is 16.3. The van der Waals surface area contributed by atoms with E-state index in [4.69, 9.17) is 4.74 Å². The van der Waals surface area contributed by atoms with E-state index >= 15 is 0 Å². The molecular formula is C21H41IN4O2. The molecule has 0 aliphatic heterocycles. The van der Waals surface area contributed by atoms with Gasteiger partial charge < -0.3 is 20.7 Å². The van der Waals surface area contributed by atoms with Gasteiger partial charge in [0.2, 0.25) is 5.91 Å². The van der Waals surface area contributed by atoms with E-state index in [9.17, 15) is 4.79 Å². The van der Waals surface area contributed by atoms with Crippen molar-refractivity contribution in [2.45, 2.75) is 83.7 Å². The molecule has 164 valence electrons. The Morgan fingerprint density at radius 2 is 1.57 bits per heavy atom. The first-order valence-electron chi connectivity index (χ1n) is 11.2. The monoisotopic (exact) mass is 508 g/mol. The van der Waals surface area contributed by atoms with Crippen molar-refractivity contribution in [3.63, 3.8) is 0 Å². The Hall–Kier alpha value is -0.570. The lowest BCUT2D eigenvalue weighted by Gasteiger charge is -2.21. The molecule has 7 heteroatoms. The summed E-state index contributed by atoms with van der Waals surface area (Å²) >= 11 is 0. The molecule has 2 aliphatic carbocycles. The van der Waals surface area contributed by atoms with Crippen LogP contribution in [0.1, 0.15) is 77.6 Å². The number of nitrogens with zero attached hydrogens (tertiary/aromatic N) is 1. The van der Waals surface area contributed by atoms with Crippen LogP contribution in [-0.4, -0.2) is 50.8 Å². The van der Waals surface area contributed by atoms with Crippen molar-refractivity contribution in [2.75, 3.05) is 32.8 Å². The van der Waals surface area contributed by atoms with E-state index in [1.54, 1.807) is 0 Å². The highest BCUT2D eigenvalue weighted by Crippen LogP contribution is 2.23. The first-order chi connectivity index (χ1) is 13.3. The zero-order chi connectivity index (χ0) is 19.2. The van der Waals surface area contributed by atoms with Crippen molar-refractivity contribution in [1.29, 1.82) is 0 Å². The molecule has 0 aromatic carbocycles. The number of aliphatic imine (C=N–C) groups is 1. The van der Waals surface area contributed by atoms with Crippen LogP contribution in [0.15, 0.2) is 4.99 Å². The minimum Gasteiger partial charge on any atom is -0.378 e. The molecule has 0 aromatic heterocycles. The Morgan fingerprint density at radius 3 is 2.25 bits per heavy atom. The fourth-order valence-electron chi connectivity index (χ4n) is 3.95. The lowest BCUT2D eigenvalue weighted by atomic mass is 9.89. The van der Waals surface area contributed by atoms with E-state index in [1.807, 2.05) is 0 Å². The molecule has 3 N–H and O–H groups in total. The number of hydrogen-bond donors (Lipinski definition) is 3. The van der Waals surface area contributed by atoms with E-state index in [0.717, 1.165) is 44.9 Å². The molecule has 2 aliphatic rings. The van der Waals surface area contributed by atoms with E-state index in [1.165, 1.54) is 51.4 Å². The maximum atomic E-state index is 12.1. The Bertz CT molecular complexity index is 436. The average molecular weight is 508 g/mol. The summed E-state index contributed by atoms with van der Waals surface area (Å²) in [5.41, 5.74) is 0. The second-order valence-corrected chi connectivity index (χ2v) is 7.80. The normalized spacial score (nSPS) is 19.0. The quantitative estimate of drug-likeness (QED) is 0.183. The molecule has 0 saturated heterocycles. The fourth-order valence-corrected chi connectivity index (χ4v) is 3.95. The Kier molecular flexibility index (Phi) is 14.8. The molecule has 6 nitrogen and oxygen atoms in total. The van der Waals surface area contributed by atoms with Crippen molar-refractivity contribution in [3.8, 4) is 0 Å². The maximum absolute atomic E-state index is 12.1. The molecule has 2 fully saturated rings. The van der Waals surface area contributed by atoms with Crippen LogP contribution < -0.4 is 16.0 Å². The first-order valence-corrected chi connectivity index (χ1v) is 11.2. The van der Waals surface area contributed by atoms with Crippen LogP contribution in [0.4, 0.5) is 0 Å². The number of amides is 1. The highest BCUT2D eigenvalue weighted by molar-refractivity contribution is 14.0. The van der Waals surface area contributed by atoms with Crippen LogP contribution >= 0.6 is 24.0 Å². The van der Waals surface area contributed by atoms with Gasteiger partial charge in [0, 0.05) is 38.7 Å². The maximum Gasteiger partial charge on any atom is 0.223 e. The molecule has 2 rings (SSSR count). The topological polar surface area (TPSA) is 74.8 Å². The van der Waals surface area contributed by atoms with Gasteiger partial charge in [0.15, 0.2) is 5.96 Å². The lowest BCUT2D eigenvalue weighted by Crippen LogP contribution is -2.42. The van der Waals surface area contributed by atoms with E-state index in [2.05, 4.69) is 27.9 Å². The van der Waals surface area contributed by atoms with Gasteiger partial charge in [-0.1, -0.05) is 38.5 Å². The van der Waals surface area contributed by atoms with Gasteiger partial charge in [-0.3, -0.25) is 9.79 Å². The Morgan fingerprint density at radius 1 is 0.929 bits per heavy atom. The molecule has 28 heavy (non-hydrogen) atoms. The molecule has 0 bridgehead atoms. The molecule has 0 heterocycles. The zero-order valence-electron chi connectivity index (χ0n) is 17.6. The van der Waals surface area contributed by atoms with Gasteiger partial charge in [-0.05, 0) is 39.0 Å². The number of nitrogens with one attached hydrogen (secondary N) is 3. The number of carbonyl (C=O) groups excluding carboxylic acids is 1. The van der Waals surface area contributed by atoms with Gasteiger partial charge >= 0.3 is 0 Å². The predicted octanol–water partition coefficient (Wildman–Crippen LogP) is 3.60. The molecule has 0 unspecified atom stereocenters. The summed E-state index contributed by atoms with van der Waals surface area (Å²) in [4.78, 5) is 16.7. The molecule has 0 aromatic rings. The van der Waals surface area contributed by atoms with Gasteiger partial charge in [0.1, 0.15) is 0 Å². The lowest BCUT2D eigenvalue weighted by molar-refractivity contribution is -0.125. The summed E-state index contributed by atoms with van der Waals surface area (Å²) in [5, 5.41) is 9.62. The van der Waals surface area contributed by atoms with Gasteiger partial charge in [0.25, 0.3) is 0 Å². The highest BCUT2D eigenvalue weighted by Gasteiger charge is 2.20. The fraction of sp³-hybridized carbons (Fsp3) is 0.905. The van der Waals surface area contributed by atoms with Crippen LogP contribution in [0, 0.1) is 5.92 Å². The van der Waals surface area contributed by atoms with Crippen LogP contribution in [0.25, 0.3) is 0 Å². The second-order valence-electron chi connectivity index (χ2n) is 7.80. The smallest absolute Gasteiger partial charge is 0.223 e. The minimum atomic E-state index is 0. The van der Waals surface area contributed by atoms with Crippen LogP contribution in [-0.2, 0) is 9.53 Å². The van der Waals surface area contributed by atoms with Gasteiger partial charge in [-0.25, -0.2) is 0 Å². The molecule has 0 atom stereocenters. The molecule has 2 saturated carbocycles. The molecular weight excluding hydrogens is 467 g/mol. The third-order valence-electron chi connectivity index (χ3n) is 5.51. The van der Waals surface area contributed by atoms with E-state index in [0.29, 0.717) is 19.2 Å². The van der Waals surface area contributed by atoms with Crippen LogP contribution in [0.2, 0.25) is 0 Å². The van der Waals surface area contributed by atoms with Crippen LogP contribution in [0.3, 0.4) is 0 Å². The number of halogens is 1. The number of guanidine groups is 1. The van der Waals surface area contributed by atoms with Crippen molar-refractivity contribution in [3.05, 3.63) is 0 Å². The van der Waals surface area contributed by atoms with Gasteiger partial charge in [-0.15, -0.1) is 24.0 Å². The van der Waals surface area contributed by atoms with Crippen molar-refractivity contribution in [2.24, 2.45) is 10.9 Å². The molecule has 0 radical (unpaired) electrons. The number of hydrogen-bond acceptors (Lipinski definition) is 3. The van der Waals surface area contributed by atoms with Crippen molar-refractivity contribution in [1.82, 2.24) is 16.0 Å². The van der Waals surface area contributed by atoms with Gasteiger partial charge in [0.05, 0.1) is 6.10 Å². The molecule has 1 amide bonds. The predicted molar refractivity (Wildman–Crippen MR) is 126 cm³/mol. The summed E-state index contributed by atoms with van der Waals surface area (Å²) in [7, 11) is 0. The van der Waals surface area contributed by atoms with Gasteiger partial charge in [-0.2, -0.15) is 0 Å². The summed E-state index contributed by atoms with van der Waals surface area (Å²) in [6.07, 6.45) is 13.6. The number of rotatable bonds is 10. The SMILES string of the molecule is CCNC(=NCCCOC1CCCCC1)NCCNC(=O)C1CCCCC1.I. The third kappa shape index (κ3) is 10.8. The first kappa shape index (κ1) is 25.5. The summed E-state index contributed by atoms with van der Waals surface area (Å²) < 4.78 is 5.95. The van der Waals surface area contributed by atoms with Crippen molar-refractivity contribution >= 4 is 35.8 Å². The number of ether oxygens (including phenoxy) is 1. The summed E-state index contributed by atoms with van der Waals surface area (Å²) in [6.45, 7) is 5.79.